The number of fused-ring (bicyclic) bond motifs is 1. The van der Waals surface area contributed by atoms with E-state index in [1.807, 2.05) is 12.1 Å². The van der Waals surface area contributed by atoms with Crippen LogP contribution >= 0.6 is 35.4 Å². The number of hydrogen-bond acceptors (Lipinski definition) is 6. The molecule has 168 valence electrons. The third-order valence-electron chi connectivity index (χ3n) is 4.83. The van der Waals surface area contributed by atoms with Gasteiger partial charge in [0.1, 0.15) is 5.76 Å². The van der Waals surface area contributed by atoms with Crippen LogP contribution in [0.4, 0.5) is 5.69 Å². The van der Waals surface area contributed by atoms with Crippen molar-refractivity contribution in [3.63, 3.8) is 0 Å². The number of nitrogens with zero attached hydrogens (tertiary/aromatic N) is 2. The lowest BCUT2D eigenvalue weighted by atomic mass is 10.2. The molecule has 0 saturated heterocycles. The number of aromatic nitrogens is 2. The summed E-state index contributed by atoms with van der Waals surface area (Å²) in [6.45, 7) is 0. The van der Waals surface area contributed by atoms with Crippen LogP contribution in [0.15, 0.2) is 81.8 Å². The summed E-state index contributed by atoms with van der Waals surface area (Å²) in [4.78, 5) is 21.1. The molecule has 3 heterocycles. The zero-order valence-corrected chi connectivity index (χ0v) is 19.5. The van der Waals surface area contributed by atoms with Gasteiger partial charge in [0.05, 0.1) is 10.0 Å². The van der Waals surface area contributed by atoms with Crippen molar-refractivity contribution >= 4 is 63.4 Å². The van der Waals surface area contributed by atoms with E-state index in [4.69, 9.17) is 44.3 Å². The van der Waals surface area contributed by atoms with E-state index in [9.17, 15) is 4.79 Å². The number of nitrogens with one attached hydrogen (secondary N) is 2. The van der Waals surface area contributed by atoms with Gasteiger partial charge in [-0.15, -0.1) is 0 Å². The fraction of sp³-hybridized carbons (Fsp3) is 0. The van der Waals surface area contributed by atoms with Gasteiger partial charge in [0.2, 0.25) is 5.89 Å². The van der Waals surface area contributed by atoms with Crippen LogP contribution in [0.25, 0.3) is 34.0 Å². The van der Waals surface area contributed by atoms with Crippen molar-refractivity contribution < 1.29 is 13.6 Å². The number of pyridine rings is 1. The van der Waals surface area contributed by atoms with E-state index in [-0.39, 0.29) is 10.9 Å². The van der Waals surface area contributed by atoms with E-state index in [1.54, 1.807) is 54.7 Å². The fourth-order valence-corrected chi connectivity index (χ4v) is 3.82. The van der Waals surface area contributed by atoms with Crippen molar-refractivity contribution in [3.8, 4) is 22.8 Å². The predicted molar refractivity (Wildman–Crippen MR) is 135 cm³/mol. The first-order valence-corrected chi connectivity index (χ1v) is 11.1. The molecule has 0 atom stereocenters. The number of benzene rings is 2. The SMILES string of the molecule is O=C(NC(=S)Nc1ccc(-c2nc3ncccc3o2)cc1)c1ccc(-c2cccc(Cl)c2Cl)o1. The Morgan fingerprint density at radius 2 is 1.76 bits per heavy atom. The number of rotatable bonds is 4. The third-order valence-corrected chi connectivity index (χ3v) is 5.85. The minimum Gasteiger partial charge on any atom is -0.451 e. The maximum Gasteiger partial charge on any atom is 0.293 e. The maximum absolute atomic E-state index is 12.5. The molecule has 0 aliphatic heterocycles. The molecular formula is C24H14Cl2N4O3S. The van der Waals surface area contributed by atoms with Crippen LogP contribution < -0.4 is 10.6 Å². The van der Waals surface area contributed by atoms with Gasteiger partial charge in [0, 0.05) is 23.0 Å². The lowest BCUT2D eigenvalue weighted by Gasteiger charge is -2.09. The molecule has 0 bridgehead atoms. The molecule has 3 aromatic heterocycles. The van der Waals surface area contributed by atoms with Gasteiger partial charge in [0.15, 0.2) is 22.1 Å². The lowest BCUT2D eigenvalue weighted by molar-refractivity contribution is 0.0951. The molecule has 5 aromatic rings. The summed E-state index contributed by atoms with van der Waals surface area (Å²) in [6, 6.07) is 19.2. The summed E-state index contributed by atoms with van der Waals surface area (Å²) in [5, 5.41) is 6.40. The molecule has 10 heteroatoms. The number of amides is 1. The highest BCUT2D eigenvalue weighted by atomic mass is 35.5. The smallest absolute Gasteiger partial charge is 0.293 e. The van der Waals surface area contributed by atoms with E-state index < -0.39 is 5.91 Å². The molecule has 0 saturated carbocycles. The van der Waals surface area contributed by atoms with Gasteiger partial charge >= 0.3 is 0 Å². The van der Waals surface area contributed by atoms with Gasteiger partial charge in [-0.2, -0.15) is 4.98 Å². The Kier molecular flexibility index (Phi) is 6.02. The molecule has 5 rings (SSSR count). The molecule has 0 spiro atoms. The number of halogens is 2. The first kappa shape index (κ1) is 22.1. The Morgan fingerprint density at radius 3 is 2.56 bits per heavy atom. The number of thiocarbonyl (C=S) groups is 1. The number of carbonyl (C=O) groups excluding carboxylic acids is 1. The van der Waals surface area contributed by atoms with E-state index in [0.29, 0.717) is 44.2 Å². The van der Waals surface area contributed by atoms with Gasteiger partial charge in [-0.3, -0.25) is 10.1 Å². The molecule has 7 nitrogen and oxygen atoms in total. The first-order valence-electron chi connectivity index (χ1n) is 9.96. The Balaban J connectivity index is 1.23. The largest absolute Gasteiger partial charge is 0.451 e. The highest BCUT2D eigenvalue weighted by molar-refractivity contribution is 7.80. The van der Waals surface area contributed by atoms with Crippen molar-refractivity contribution in [1.29, 1.82) is 0 Å². The third kappa shape index (κ3) is 4.51. The second-order valence-electron chi connectivity index (χ2n) is 7.10. The van der Waals surface area contributed by atoms with Gasteiger partial charge in [0.25, 0.3) is 5.91 Å². The van der Waals surface area contributed by atoms with Crippen LogP contribution in [0.5, 0.6) is 0 Å². The number of carbonyl (C=O) groups is 1. The van der Waals surface area contributed by atoms with Gasteiger partial charge in [-0.25, -0.2) is 4.98 Å². The van der Waals surface area contributed by atoms with Gasteiger partial charge < -0.3 is 14.2 Å². The lowest BCUT2D eigenvalue weighted by Crippen LogP contribution is -2.33. The fourth-order valence-electron chi connectivity index (χ4n) is 3.21. The van der Waals surface area contributed by atoms with Crippen LogP contribution in [-0.4, -0.2) is 21.0 Å². The molecule has 1 amide bonds. The molecule has 0 aliphatic carbocycles. The zero-order valence-electron chi connectivity index (χ0n) is 17.2. The number of hydrogen-bond donors (Lipinski definition) is 2. The quantitative estimate of drug-likeness (QED) is 0.264. The van der Waals surface area contributed by atoms with E-state index in [0.717, 1.165) is 5.56 Å². The highest BCUT2D eigenvalue weighted by Crippen LogP contribution is 2.34. The first-order chi connectivity index (χ1) is 16.5. The van der Waals surface area contributed by atoms with E-state index >= 15 is 0 Å². The molecule has 34 heavy (non-hydrogen) atoms. The Labute approximate surface area is 208 Å². The second-order valence-corrected chi connectivity index (χ2v) is 8.29. The standard InChI is InChI=1S/C24H14Cl2N4O3S/c25-16-4-1-3-15(20(16)26)17-10-11-19(32-17)22(31)30-24(34)28-14-8-6-13(7-9-14)23-29-21-18(33-23)5-2-12-27-21/h1-12H,(H2,28,30,31,34). The normalized spacial score (nSPS) is 10.9. The number of anilines is 1. The molecule has 2 N–H and O–H groups in total. The topological polar surface area (TPSA) is 93.2 Å². The summed E-state index contributed by atoms with van der Waals surface area (Å²) in [5.41, 5.74) is 3.20. The molecule has 0 fully saturated rings. The van der Waals surface area contributed by atoms with Crippen molar-refractivity contribution in [3.05, 3.63) is 88.7 Å². The van der Waals surface area contributed by atoms with E-state index in [1.165, 1.54) is 6.07 Å². The maximum atomic E-state index is 12.5. The molecule has 2 aromatic carbocycles. The Hall–Kier alpha value is -3.72. The summed E-state index contributed by atoms with van der Waals surface area (Å²) < 4.78 is 11.4. The average molecular weight is 509 g/mol. The van der Waals surface area contributed by atoms with Crippen molar-refractivity contribution in [2.45, 2.75) is 0 Å². The van der Waals surface area contributed by atoms with Gasteiger partial charge in [-0.1, -0.05) is 29.3 Å². The monoisotopic (exact) mass is 508 g/mol. The Bertz CT molecular complexity index is 1500. The summed E-state index contributed by atoms with van der Waals surface area (Å²) in [7, 11) is 0. The van der Waals surface area contributed by atoms with Crippen molar-refractivity contribution in [2.24, 2.45) is 0 Å². The van der Waals surface area contributed by atoms with Crippen LogP contribution in [0.2, 0.25) is 10.0 Å². The van der Waals surface area contributed by atoms with Crippen molar-refractivity contribution in [2.75, 3.05) is 5.32 Å². The highest BCUT2D eigenvalue weighted by Gasteiger charge is 2.16. The molecule has 0 aliphatic rings. The summed E-state index contributed by atoms with van der Waals surface area (Å²) in [5.74, 6) is 0.457. The summed E-state index contributed by atoms with van der Waals surface area (Å²) in [6.07, 6.45) is 1.66. The number of oxazole rings is 1. The van der Waals surface area contributed by atoms with E-state index in [2.05, 4.69) is 20.6 Å². The summed E-state index contributed by atoms with van der Waals surface area (Å²) >= 11 is 17.5. The average Bonchev–Trinajstić information content (AvgIpc) is 3.49. The van der Waals surface area contributed by atoms with Crippen LogP contribution in [-0.2, 0) is 0 Å². The van der Waals surface area contributed by atoms with Gasteiger partial charge in [-0.05, 0) is 72.9 Å². The zero-order chi connectivity index (χ0) is 23.7. The van der Waals surface area contributed by atoms with Crippen LogP contribution in [0, 0.1) is 0 Å². The molecule has 0 radical (unpaired) electrons. The Morgan fingerprint density at radius 1 is 0.941 bits per heavy atom. The van der Waals surface area contributed by atoms with Crippen LogP contribution in [0.3, 0.4) is 0 Å². The van der Waals surface area contributed by atoms with Crippen LogP contribution in [0.1, 0.15) is 10.6 Å². The number of furan rings is 1. The molecule has 0 unspecified atom stereocenters. The predicted octanol–water partition coefficient (Wildman–Crippen LogP) is 6.58. The molecular weight excluding hydrogens is 495 g/mol. The van der Waals surface area contributed by atoms with Crippen molar-refractivity contribution in [1.82, 2.24) is 15.3 Å². The minimum atomic E-state index is -0.502. The second kappa shape index (κ2) is 9.26. The minimum absolute atomic E-state index is 0.0788.